The van der Waals surface area contributed by atoms with Crippen molar-refractivity contribution < 1.29 is 4.79 Å². The Morgan fingerprint density at radius 3 is 2.42 bits per heavy atom. The van der Waals surface area contributed by atoms with Crippen LogP contribution in [0, 0.1) is 5.92 Å². The molecule has 2 aliphatic rings. The lowest BCUT2D eigenvalue weighted by atomic mass is 9.96. The van der Waals surface area contributed by atoms with Gasteiger partial charge in [-0.2, -0.15) is 0 Å². The third kappa shape index (κ3) is 2.73. The maximum atomic E-state index is 11.6. The summed E-state index contributed by atoms with van der Waals surface area (Å²) in [4.78, 5) is 11.6. The molecule has 1 aromatic rings. The Bertz CT molecular complexity index is 462. The number of amides is 1. The van der Waals surface area contributed by atoms with Crippen molar-refractivity contribution in [1.29, 1.82) is 0 Å². The summed E-state index contributed by atoms with van der Waals surface area (Å²) in [5.41, 5.74) is 3.63. The molecule has 1 heterocycles. The number of benzene rings is 1. The number of carbonyl (C=O) groups excluding carboxylic acids is 1. The number of hydrogen-bond donors (Lipinski definition) is 1. The minimum atomic E-state index is 0.113. The zero-order chi connectivity index (χ0) is 14.4. The van der Waals surface area contributed by atoms with Crippen LogP contribution in [0.25, 0.3) is 0 Å². The summed E-state index contributed by atoms with van der Waals surface area (Å²) in [5.74, 6) is 0.474. The molecule has 2 heteroatoms. The van der Waals surface area contributed by atoms with Gasteiger partial charge < -0.3 is 5.32 Å². The van der Waals surface area contributed by atoms with E-state index < -0.39 is 0 Å². The van der Waals surface area contributed by atoms with Crippen molar-refractivity contribution in [2.45, 2.75) is 47.1 Å². The van der Waals surface area contributed by atoms with E-state index >= 15 is 0 Å². The van der Waals surface area contributed by atoms with Gasteiger partial charge in [-0.25, -0.2) is 0 Å². The summed E-state index contributed by atoms with van der Waals surface area (Å²) < 4.78 is 0. The van der Waals surface area contributed by atoms with Crippen LogP contribution in [0.3, 0.4) is 0 Å². The van der Waals surface area contributed by atoms with Crippen LogP contribution in [0.2, 0.25) is 0 Å². The van der Waals surface area contributed by atoms with Gasteiger partial charge in [-0.3, -0.25) is 4.79 Å². The first-order valence-corrected chi connectivity index (χ1v) is 7.36. The topological polar surface area (TPSA) is 29.1 Å². The molecular weight excluding hydrogens is 234 g/mol. The minimum Gasteiger partial charge on any atom is -0.345 e. The molecule has 0 radical (unpaired) electrons. The molecule has 0 saturated carbocycles. The smallest absolute Gasteiger partial charge is 0.247 e. The lowest BCUT2D eigenvalue weighted by Crippen LogP contribution is -2.18. The predicted octanol–water partition coefficient (Wildman–Crippen LogP) is 4.03. The van der Waals surface area contributed by atoms with Gasteiger partial charge in [0.25, 0.3) is 0 Å². The highest BCUT2D eigenvalue weighted by Crippen LogP contribution is 2.43. The Labute approximate surface area is 116 Å². The number of nitrogens with one attached hydrogen (secondary N) is 1. The fourth-order valence-corrected chi connectivity index (χ4v) is 2.80. The number of hydrogen-bond acceptors (Lipinski definition) is 1. The lowest BCUT2D eigenvalue weighted by Gasteiger charge is -2.08. The van der Waals surface area contributed by atoms with Crippen molar-refractivity contribution in [3.05, 3.63) is 47.0 Å². The first kappa shape index (κ1) is 15.5. The molecule has 2 unspecified atom stereocenters. The third-order valence-corrected chi connectivity index (χ3v) is 3.49. The molecule has 19 heavy (non-hydrogen) atoms. The molecule has 1 aliphatic heterocycles. The molecule has 0 aromatic heterocycles. The molecule has 1 saturated heterocycles. The summed E-state index contributed by atoms with van der Waals surface area (Å²) >= 11 is 0. The summed E-state index contributed by atoms with van der Waals surface area (Å²) in [7, 11) is 0. The Morgan fingerprint density at radius 2 is 1.79 bits per heavy atom. The highest BCUT2D eigenvalue weighted by Gasteiger charge is 2.42. The van der Waals surface area contributed by atoms with Gasteiger partial charge in [-0.15, -0.1) is 0 Å². The summed E-state index contributed by atoms with van der Waals surface area (Å²) in [6, 6.07) is 8.62. The second-order valence-corrected chi connectivity index (χ2v) is 4.20. The molecule has 1 N–H and O–H groups in total. The third-order valence-electron chi connectivity index (χ3n) is 3.49. The van der Waals surface area contributed by atoms with Gasteiger partial charge in [-0.05, 0) is 24.5 Å². The Balaban J connectivity index is 0.000000415. The second-order valence-electron chi connectivity index (χ2n) is 4.20. The summed E-state index contributed by atoms with van der Waals surface area (Å²) in [6.07, 6.45) is 2.95. The van der Waals surface area contributed by atoms with Gasteiger partial charge in [0.1, 0.15) is 0 Å². The van der Waals surface area contributed by atoms with Crippen molar-refractivity contribution in [1.82, 2.24) is 5.32 Å². The van der Waals surface area contributed by atoms with Gasteiger partial charge in [0.2, 0.25) is 5.91 Å². The van der Waals surface area contributed by atoms with E-state index in [0.29, 0.717) is 5.92 Å². The average Bonchev–Trinajstić information content (AvgIpc) is 2.97. The molecule has 2 nitrogen and oxygen atoms in total. The van der Waals surface area contributed by atoms with Crippen molar-refractivity contribution >= 4 is 5.91 Å². The van der Waals surface area contributed by atoms with E-state index in [1.54, 1.807) is 0 Å². The Morgan fingerprint density at radius 1 is 1.16 bits per heavy atom. The predicted molar refractivity (Wildman–Crippen MR) is 81.0 cm³/mol. The Kier molecular flexibility index (Phi) is 5.81. The number of carbonyl (C=O) groups is 1. The molecule has 2 atom stereocenters. The highest BCUT2D eigenvalue weighted by molar-refractivity contribution is 5.97. The maximum absolute atomic E-state index is 11.6. The normalized spacial score (nSPS) is 24.5. The molecule has 1 aliphatic carbocycles. The fraction of sp³-hybridized carbons (Fsp3) is 0.471. The SMILES string of the molecule is C/C=C1/C(=O)NC2c3ccccc3CC12.CC.CC. The quantitative estimate of drug-likeness (QED) is 0.700. The molecule has 104 valence electrons. The van der Waals surface area contributed by atoms with Crippen LogP contribution in [0.1, 0.15) is 51.8 Å². The number of rotatable bonds is 0. The summed E-state index contributed by atoms with van der Waals surface area (Å²) in [5, 5.41) is 3.07. The van der Waals surface area contributed by atoms with Crippen LogP contribution in [-0.2, 0) is 11.2 Å². The van der Waals surface area contributed by atoms with E-state index in [4.69, 9.17) is 0 Å². The highest BCUT2D eigenvalue weighted by atomic mass is 16.2. The average molecular weight is 259 g/mol. The zero-order valence-electron chi connectivity index (χ0n) is 12.7. The standard InChI is InChI=1S/C13H13NO.2C2H6/c1-2-9-11-7-8-5-3-4-6-10(8)12(11)14-13(9)15;2*1-2/h2-6,11-12H,7H2,1H3,(H,14,15);2*1-2H3/b9-2+;;. The fourth-order valence-electron chi connectivity index (χ4n) is 2.80. The first-order chi connectivity index (χ1) is 9.31. The molecule has 0 spiro atoms. The molecule has 3 rings (SSSR count). The van der Waals surface area contributed by atoms with E-state index in [1.807, 2.05) is 46.8 Å². The monoisotopic (exact) mass is 259 g/mol. The maximum Gasteiger partial charge on any atom is 0.247 e. The Hall–Kier alpha value is -1.57. The molecular formula is C17H25NO. The van der Waals surface area contributed by atoms with E-state index in [2.05, 4.69) is 23.5 Å². The van der Waals surface area contributed by atoms with Gasteiger partial charge in [0.05, 0.1) is 6.04 Å². The zero-order valence-corrected chi connectivity index (χ0v) is 12.7. The first-order valence-electron chi connectivity index (χ1n) is 7.36. The molecule has 1 aromatic carbocycles. The minimum absolute atomic E-state index is 0.113. The van der Waals surface area contributed by atoms with E-state index in [0.717, 1.165) is 12.0 Å². The van der Waals surface area contributed by atoms with Gasteiger partial charge in [-0.1, -0.05) is 58.0 Å². The van der Waals surface area contributed by atoms with E-state index in [-0.39, 0.29) is 11.9 Å². The van der Waals surface area contributed by atoms with Crippen molar-refractivity contribution in [3.8, 4) is 0 Å². The lowest BCUT2D eigenvalue weighted by molar-refractivity contribution is -0.116. The van der Waals surface area contributed by atoms with Gasteiger partial charge >= 0.3 is 0 Å². The number of fused-ring (bicyclic) bond motifs is 3. The van der Waals surface area contributed by atoms with Crippen molar-refractivity contribution in [3.63, 3.8) is 0 Å². The van der Waals surface area contributed by atoms with E-state index in [1.165, 1.54) is 11.1 Å². The van der Waals surface area contributed by atoms with E-state index in [9.17, 15) is 4.79 Å². The van der Waals surface area contributed by atoms with Crippen LogP contribution < -0.4 is 5.32 Å². The van der Waals surface area contributed by atoms with Crippen LogP contribution in [0.5, 0.6) is 0 Å². The van der Waals surface area contributed by atoms with Gasteiger partial charge in [0.15, 0.2) is 0 Å². The molecule has 1 fully saturated rings. The summed E-state index contributed by atoms with van der Waals surface area (Å²) in [6.45, 7) is 9.94. The van der Waals surface area contributed by atoms with Gasteiger partial charge in [0, 0.05) is 11.5 Å². The molecule has 1 amide bonds. The van der Waals surface area contributed by atoms with Crippen LogP contribution in [0.4, 0.5) is 0 Å². The van der Waals surface area contributed by atoms with Crippen LogP contribution >= 0.6 is 0 Å². The van der Waals surface area contributed by atoms with Crippen LogP contribution in [0.15, 0.2) is 35.9 Å². The van der Waals surface area contributed by atoms with Crippen molar-refractivity contribution in [2.75, 3.05) is 0 Å². The molecule has 0 bridgehead atoms. The number of allylic oxidation sites excluding steroid dienone is 1. The van der Waals surface area contributed by atoms with Crippen molar-refractivity contribution in [2.24, 2.45) is 5.92 Å². The second kappa shape index (κ2) is 7.13. The van der Waals surface area contributed by atoms with Crippen LogP contribution in [-0.4, -0.2) is 5.91 Å². The largest absolute Gasteiger partial charge is 0.345 e.